The minimum absolute atomic E-state index is 0. The lowest BCUT2D eigenvalue weighted by molar-refractivity contribution is 0.407. The Hall–Kier alpha value is -1.71. The highest BCUT2D eigenvalue weighted by molar-refractivity contribution is 14.0. The predicted molar refractivity (Wildman–Crippen MR) is 130 cm³/mol. The molecule has 1 aromatic carbocycles. The van der Waals surface area contributed by atoms with Crippen LogP contribution >= 0.6 is 24.0 Å². The van der Waals surface area contributed by atoms with E-state index in [2.05, 4.69) is 34.7 Å². The fourth-order valence-corrected chi connectivity index (χ4v) is 3.65. The Morgan fingerprint density at radius 1 is 1.23 bits per heavy atom. The first-order chi connectivity index (χ1) is 13.8. The maximum Gasteiger partial charge on any atom is 0.191 e. The van der Waals surface area contributed by atoms with Crippen molar-refractivity contribution in [2.45, 2.75) is 70.9 Å². The number of nitrogens with one attached hydrogen (secondary N) is 2. The highest BCUT2D eigenvalue weighted by Crippen LogP contribution is 2.23. The second-order valence-corrected chi connectivity index (χ2v) is 8.61. The monoisotopic (exact) mass is 528 g/mol. The first kappa shape index (κ1) is 24.6. The van der Waals surface area contributed by atoms with Crippen molar-refractivity contribution in [1.82, 2.24) is 25.4 Å². The lowest BCUT2D eigenvalue weighted by atomic mass is 9.84. The lowest BCUT2D eigenvalue weighted by Gasteiger charge is -2.29. The van der Waals surface area contributed by atoms with E-state index in [0.717, 1.165) is 36.0 Å². The van der Waals surface area contributed by atoms with Crippen LogP contribution in [0.1, 0.15) is 63.2 Å². The molecule has 1 fully saturated rings. The number of hydrogen-bond acceptors (Lipinski definition) is 3. The standard InChI is InChI=1S/C22H33FN6.HI/c1-16-27-28-20(29(16)4)14-24-21(26-19-11-6-5-7-12-19)25-15-22(2,3)17-9-8-10-18(23)13-17;/h8-10,13,19H,5-7,11-12,14-15H2,1-4H3,(H2,24,25,26);1H. The molecule has 0 radical (unpaired) electrons. The molecule has 3 rings (SSSR count). The number of hydrogen-bond donors (Lipinski definition) is 2. The second-order valence-electron chi connectivity index (χ2n) is 8.61. The van der Waals surface area contributed by atoms with E-state index in [1.54, 1.807) is 12.1 Å². The van der Waals surface area contributed by atoms with Crippen molar-refractivity contribution in [2.24, 2.45) is 12.0 Å². The normalized spacial score (nSPS) is 15.6. The zero-order valence-corrected chi connectivity index (χ0v) is 20.7. The van der Waals surface area contributed by atoms with Crippen molar-refractivity contribution < 1.29 is 4.39 Å². The summed E-state index contributed by atoms with van der Waals surface area (Å²) in [4.78, 5) is 4.77. The first-order valence-corrected chi connectivity index (χ1v) is 10.5. The summed E-state index contributed by atoms with van der Waals surface area (Å²) in [6, 6.07) is 7.26. The molecule has 6 nitrogen and oxygen atoms in total. The Balaban J connectivity index is 0.00000320. The van der Waals surface area contributed by atoms with E-state index in [4.69, 9.17) is 4.99 Å². The summed E-state index contributed by atoms with van der Waals surface area (Å²) in [6.45, 7) is 7.26. The van der Waals surface area contributed by atoms with Gasteiger partial charge in [0.2, 0.25) is 0 Å². The number of benzene rings is 1. The molecule has 1 aromatic heterocycles. The van der Waals surface area contributed by atoms with E-state index in [0.29, 0.717) is 19.1 Å². The van der Waals surface area contributed by atoms with Crippen molar-refractivity contribution in [3.05, 3.63) is 47.3 Å². The molecular formula is C22H34FIN6. The third kappa shape index (κ3) is 6.65. The quantitative estimate of drug-likeness (QED) is 0.335. The minimum atomic E-state index is -0.238. The van der Waals surface area contributed by atoms with Gasteiger partial charge in [-0.3, -0.25) is 0 Å². The largest absolute Gasteiger partial charge is 0.356 e. The number of aryl methyl sites for hydroxylation is 1. The van der Waals surface area contributed by atoms with Crippen molar-refractivity contribution in [3.8, 4) is 0 Å². The fraction of sp³-hybridized carbons (Fsp3) is 0.591. The van der Waals surface area contributed by atoms with Crippen molar-refractivity contribution in [3.63, 3.8) is 0 Å². The van der Waals surface area contributed by atoms with E-state index in [9.17, 15) is 4.39 Å². The van der Waals surface area contributed by atoms with Crippen LogP contribution in [0.2, 0.25) is 0 Å². The van der Waals surface area contributed by atoms with Crippen LogP contribution in [0.4, 0.5) is 4.39 Å². The summed E-state index contributed by atoms with van der Waals surface area (Å²) in [5, 5.41) is 15.4. The molecule has 0 spiro atoms. The number of aromatic nitrogens is 3. The van der Waals surface area contributed by atoms with Gasteiger partial charge in [0.15, 0.2) is 11.8 Å². The lowest BCUT2D eigenvalue weighted by Crippen LogP contribution is -2.47. The summed E-state index contributed by atoms with van der Waals surface area (Å²) in [7, 11) is 1.95. The molecule has 2 aromatic rings. The molecule has 2 N–H and O–H groups in total. The van der Waals surface area contributed by atoms with Crippen molar-refractivity contribution >= 4 is 29.9 Å². The van der Waals surface area contributed by atoms with E-state index >= 15 is 0 Å². The zero-order valence-electron chi connectivity index (χ0n) is 18.4. The van der Waals surface area contributed by atoms with Gasteiger partial charge >= 0.3 is 0 Å². The number of rotatable bonds is 6. The maximum absolute atomic E-state index is 13.7. The predicted octanol–water partition coefficient (Wildman–Crippen LogP) is 4.23. The molecule has 1 saturated carbocycles. The zero-order chi connectivity index (χ0) is 20.9. The van der Waals surface area contributed by atoms with E-state index in [-0.39, 0.29) is 35.2 Å². The van der Waals surface area contributed by atoms with Gasteiger partial charge in [-0.05, 0) is 37.5 Å². The van der Waals surface area contributed by atoms with Crippen LogP contribution in [0.25, 0.3) is 0 Å². The van der Waals surface area contributed by atoms with Gasteiger partial charge < -0.3 is 15.2 Å². The van der Waals surface area contributed by atoms with E-state index in [1.807, 2.05) is 24.6 Å². The van der Waals surface area contributed by atoms with Crippen LogP contribution in [0.5, 0.6) is 0 Å². The molecule has 8 heteroatoms. The van der Waals surface area contributed by atoms with Crippen LogP contribution in [-0.4, -0.2) is 33.3 Å². The van der Waals surface area contributed by atoms with Gasteiger partial charge in [-0.25, -0.2) is 9.38 Å². The van der Waals surface area contributed by atoms with Crippen LogP contribution in [0.15, 0.2) is 29.3 Å². The average Bonchev–Trinajstić information content (AvgIpc) is 3.03. The third-order valence-electron chi connectivity index (χ3n) is 5.81. The smallest absolute Gasteiger partial charge is 0.191 e. The Morgan fingerprint density at radius 3 is 2.60 bits per heavy atom. The third-order valence-corrected chi connectivity index (χ3v) is 5.81. The van der Waals surface area contributed by atoms with Crippen LogP contribution in [-0.2, 0) is 19.0 Å². The molecule has 0 aliphatic heterocycles. The minimum Gasteiger partial charge on any atom is -0.356 e. The molecule has 0 amide bonds. The van der Waals surface area contributed by atoms with Crippen LogP contribution in [0.3, 0.4) is 0 Å². The fourth-order valence-electron chi connectivity index (χ4n) is 3.65. The molecule has 166 valence electrons. The molecule has 0 bridgehead atoms. The van der Waals surface area contributed by atoms with Gasteiger partial charge in [-0.1, -0.05) is 45.2 Å². The van der Waals surface area contributed by atoms with Gasteiger partial charge in [0.05, 0.1) is 0 Å². The number of nitrogens with zero attached hydrogens (tertiary/aromatic N) is 4. The molecule has 30 heavy (non-hydrogen) atoms. The van der Waals surface area contributed by atoms with E-state index < -0.39 is 0 Å². The Kier molecular flexibility index (Phi) is 9.06. The summed E-state index contributed by atoms with van der Waals surface area (Å²) in [5.41, 5.74) is 0.726. The Labute approximate surface area is 196 Å². The molecule has 0 unspecified atom stereocenters. The van der Waals surface area contributed by atoms with Gasteiger partial charge in [-0.2, -0.15) is 0 Å². The van der Waals surface area contributed by atoms with Crippen LogP contribution < -0.4 is 10.6 Å². The Bertz CT molecular complexity index is 842. The average molecular weight is 528 g/mol. The highest BCUT2D eigenvalue weighted by atomic mass is 127. The summed E-state index contributed by atoms with van der Waals surface area (Å²) in [5.74, 6) is 2.28. The van der Waals surface area contributed by atoms with Crippen LogP contribution in [0, 0.1) is 12.7 Å². The van der Waals surface area contributed by atoms with E-state index in [1.165, 1.54) is 25.3 Å². The molecule has 1 heterocycles. The topological polar surface area (TPSA) is 67.1 Å². The summed E-state index contributed by atoms with van der Waals surface area (Å²) >= 11 is 0. The van der Waals surface area contributed by atoms with Crippen molar-refractivity contribution in [2.75, 3.05) is 6.54 Å². The van der Waals surface area contributed by atoms with Gasteiger partial charge in [0, 0.05) is 25.0 Å². The molecular weight excluding hydrogens is 494 g/mol. The number of halogens is 2. The Morgan fingerprint density at radius 2 is 1.97 bits per heavy atom. The molecule has 1 aliphatic carbocycles. The first-order valence-electron chi connectivity index (χ1n) is 10.5. The molecule has 0 saturated heterocycles. The molecule has 1 aliphatic rings. The van der Waals surface area contributed by atoms with Gasteiger partial charge in [0.25, 0.3) is 0 Å². The number of guanidine groups is 1. The summed E-state index contributed by atoms with van der Waals surface area (Å²) < 4.78 is 15.6. The molecule has 0 atom stereocenters. The van der Waals surface area contributed by atoms with Gasteiger partial charge in [-0.15, -0.1) is 34.2 Å². The maximum atomic E-state index is 13.7. The highest BCUT2D eigenvalue weighted by Gasteiger charge is 2.22. The van der Waals surface area contributed by atoms with Crippen molar-refractivity contribution in [1.29, 1.82) is 0 Å². The van der Waals surface area contributed by atoms with Gasteiger partial charge in [0.1, 0.15) is 18.2 Å². The second kappa shape index (κ2) is 11.1. The SMILES string of the molecule is Cc1nnc(CN=C(NCC(C)(C)c2cccc(F)c2)NC2CCCCC2)n1C.I. The summed E-state index contributed by atoms with van der Waals surface area (Å²) in [6.07, 6.45) is 6.14. The number of aliphatic imine (C=N–C) groups is 1.